The van der Waals surface area contributed by atoms with E-state index in [1.165, 1.54) is 12.8 Å². The molecule has 0 fully saturated rings. The van der Waals surface area contributed by atoms with Gasteiger partial charge in [-0.15, -0.1) is 0 Å². The molecule has 2 atom stereocenters. The van der Waals surface area contributed by atoms with Gasteiger partial charge in [0.1, 0.15) is 5.76 Å². The predicted molar refractivity (Wildman–Crippen MR) is 77.7 cm³/mol. The Bertz CT molecular complexity index is 310. The average molecular weight is 251 g/mol. The molecule has 0 aromatic carbocycles. The second-order valence-corrected chi connectivity index (χ2v) is 6.64. The van der Waals surface area contributed by atoms with Gasteiger partial charge in [0.25, 0.3) is 0 Å². The predicted octanol–water partition coefficient (Wildman–Crippen LogP) is 4.26. The van der Waals surface area contributed by atoms with Crippen LogP contribution in [0.3, 0.4) is 0 Å². The Balaban J connectivity index is 2.46. The molecule has 1 aromatic rings. The van der Waals surface area contributed by atoms with E-state index in [4.69, 9.17) is 4.42 Å². The molecule has 0 aliphatic rings. The van der Waals surface area contributed by atoms with Crippen molar-refractivity contribution in [3.8, 4) is 0 Å². The lowest BCUT2D eigenvalue weighted by molar-refractivity contribution is 0.271. The van der Waals surface area contributed by atoms with Gasteiger partial charge in [-0.25, -0.2) is 0 Å². The standard InChI is InChI=1S/C16H29NO/c1-6-17-14(11-15-8-7-9-18-15)10-13(2)12-16(3,4)5/h7-9,13-14,17H,6,10-12H2,1-5H3. The van der Waals surface area contributed by atoms with Crippen molar-refractivity contribution in [1.82, 2.24) is 5.32 Å². The lowest BCUT2D eigenvalue weighted by atomic mass is 9.82. The van der Waals surface area contributed by atoms with Crippen LogP contribution in [0, 0.1) is 11.3 Å². The number of furan rings is 1. The van der Waals surface area contributed by atoms with E-state index in [0.29, 0.717) is 11.5 Å². The summed E-state index contributed by atoms with van der Waals surface area (Å²) < 4.78 is 5.45. The molecule has 0 spiro atoms. The zero-order valence-electron chi connectivity index (χ0n) is 12.6. The molecule has 0 radical (unpaired) electrons. The topological polar surface area (TPSA) is 25.2 Å². The van der Waals surface area contributed by atoms with E-state index in [1.54, 1.807) is 6.26 Å². The molecule has 1 heterocycles. The maximum atomic E-state index is 5.45. The van der Waals surface area contributed by atoms with Crippen molar-refractivity contribution in [2.24, 2.45) is 11.3 Å². The first-order valence-electron chi connectivity index (χ1n) is 7.16. The monoisotopic (exact) mass is 251 g/mol. The van der Waals surface area contributed by atoms with E-state index in [1.807, 2.05) is 6.07 Å². The summed E-state index contributed by atoms with van der Waals surface area (Å²) in [5.41, 5.74) is 0.418. The van der Waals surface area contributed by atoms with Gasteiger partial charge in [0.2, 0.25) is 0 Å². The van der Waals surface area contributed by atoms with Gasteiger partial charge in [-0.2, -0.15) is 0 Å². The molecule has 0 aliphatic carbocycles. The van der Waals surface area contributed by atoms with Crippen molar-refractivity contribution in [1.29, 1.82) is 0 Å². The minimum atomic E-state index is 0.418. The summed E-state index contributed by atoms with van der Waals surface area (Å²) in [6, 6.07) is 4.56. The number of rotatable bonds is 7. The van der Waals surface area contributed by atoms with Gasteiger partial charge in [-0.05, 0) is 42.9 Å². The molecule has 0 aliphatic heterocycles. The van der Waals surface area contributed by atoms with E-state index in [2.05, 4.69) is 46.0 Å². The molecule has 2 nitrogen and oxygen atoms in total. The van der Waals surface area contributed by atoms with Crippen molar-refractivity contribution in [3.05, 3.63) is 24.2 Å². The van der Waals surface area contributed by atoms with Crippen LogP contribution in [0.2, 0.25) is 0 Å². The molecule has 0 saturated heterocycles. The highest BCUT2D eigenvalue weighted by Gasteiger charge is 2.19. The normalized spacial score (nSPS) is 15.6. The minimum Gasteiger partial charge on any atom is -0.469 e. The van der Waals surface area contributed by atoms with E-state index in [-0.39, 0.29) is 0 Å². The zero-order chi connectivity index (χ0) is 13.6. The van der Waals surface area contributed by atoms with E-state index in [9.17, 15) is 0 Å². The summed E-state index contributed by atoms with van der Waals surface area (Å²) >= 11 is 0. The van der Waals surface area contributed by atoms with Crippen LogP contribution >= 0.6 is 0 Å². The molecule has 2 heteroatoms. The van der Waals surface area contributed by atoms with E-state index in [0.717, 1.165) is 24.6 Å². The fraction of sp³-hybridized carbons (Fsp3) is 0.750. The fourth-order valence-electron chi connectivity index (χ4n) is 2.81. The number of nitrogens with one attached hydrogen (secondary N) is 1. The summed E-state index contributed by atoms with van der Waals surface area (Å²) in [6.45, 7) is 12.5. The Morgan fingerprint density at radius 3 is 2.56 bits per heavy atom. The third-order valence-electron chi connectivity index (χ3n) is 3.17. The first-order chi connectivity index (χ1) is 8.40. The lowest BCUT2D eigenvalue weighted by Crippen LogP contribution is -2.33. The SMILES string of the molecule is CCNC(Cc1ccco1)CC(C)CC(C)(C)C. The van der Waals surface area contributed by atoms with Crippen LogP contribution in [-0.4, -0.2) is 12.6 Å². The number of likely N-dealkylation sites (N-methyl/N-ethyl adjacent to an activating group) is 1. The second-order valence-electron chi connectivity index (χ2n) is 6.64. The summed E-state index contributed by atoms with van der Waals surface area (Å²) in [4.78, 5) is 0. The van der Waals surface area contributed by atoms with Crippen molar-refractivity contribution in [2.75, 3.05) is 6.54 Å². The van der Waals surface area contributed by atoms with Crippen LogP contribution in [0.25, 0.3) is 0 Å². The second kappa shape index (κ2) is 6.98. The van der Waals surface area contributed by atoms with Gasteiger partial charge in [-0.3, -0.25) is 0 Å². The summed E-state index contributed by atoms with van der Waals surface area (Å²) in [6.07, 6.45) is 5.24. The largest absolute Gasteiger partial charge is 0.469 e. The first kappa shape index (κ1) is 15.3. The minimum absolute atomic E-state index is 0.418. The Morgan fingerprint density at radius 2 is 2.06 bits per heavy atom. The molecule has 1 aromatic heterocycles. The Labute approximate surface area is 112 Å². The highest BCUT2D eigenvalue weighted by Crippen LogP contribution is 2.27. The van der Waals surface area contributed by atoms with Crippen molar-refractivity contribution >= 4 is 0 Å². The lowest BCUT2D eigenvalue weighted by Gasteiger charge is -2.26. The van der Waals surface area contributed by atoms with E-state index < -0.39 is 0 Å². The van der Waals surface area contributed by atoms with Crippen LogP contribution in [0.5, 0.6) is 0 Å². The molecule has 2 unspecified atom stereocenters. The fourth-order valence-corrected chi connectivity index (χ4v) is 2.81. The summed E-state index contributed by atoms with van der Waals surface area (Å²) in [5.74, 6) is 1.83. The summed E-state index contributed by atoms with van der Waals surface area (Å²) in [7, 11) is 0. The van der Waals surface area contributed by atoms with Gasteiger partial charge in [0.05, 0.1) is 6.26 Å². The highest BCUT2D eigenvalue weighted by atomic mass is 16.3. The Kier molecular flexibility index (Phi) is 5.94. The third kappa shape index (κ3) is 6.25. The molecule has 1 N–H and O–H groups in total. The Morgan fingerprint density at radius 1 is 1.33 bits per heavy atom. The summed E-state index contributed by atoms with van der Waals surface area (Å²) in [5, 5.41) is 3.58. The smallest absolute Gasteiger partial charge is 0.105 e. The molecular formula is C16H29NO. The maximum Gasteiger partial charge on any atom is 0.105 e. The average Bonchev–Trinajstić information content (AvgIpc) is 2.67. The quantitative estimate of drug-likeness (QED) is 0.783. The van der Waals surface area contributed by atoms with Crippen molar-refractivity contribution < 1.29 is 4.42 Å². The zero-order valence-corrected chi connectivity index (χ0v) is 12.6. The van der Waals surface area contributed by atoms with Gasteiger partial charge >= 0.3 is 0 Å². The maximum absolute atomic E-state index is 5.45. The molecular weight excluding hydrogens is 222 g/mol. The van der Waals surface area contributed by atoms with Crippen LogP contribution < -0.4 is 5.32 Å². The van der Waals surface area contributed by atoms with Crippen LogP contribution in [0.15, 0.2) is 22.8 Å². The van der Waals surface area contributed by atoms with Crippen LogP contribution in [-0.2, 0) is 6.42 Å². The van der Waals surface area contributed by atoms with Crippen molar-refractivity contribution in [3.63, 3.8) is 0 Å². The molecule has 0 bridgehead atoms. The third-order valence-corrected chi connectivity index (χ3v) is 3.17. The molecule has 0 saturated carbocycles. The number of hydrogen-bond acceptors (Lipinski definition) is 2. The molecule has 104 valence electrons. The Hall–Kier alpha value is -0.760. The van der Waals surface area contributed by atoms with E-state index >= 15 is 0 Å². The van der Waals surface area contributed by atoms with Crippen molar-refractivity contribution in [2.45, 2.75) is 59.9 Å². The number of hydrogen-bond donors (Lipinski definition) is 1. The van der Waals surface area contributed by atoms with Gasteiger partial charge < -0.3 is 9.73 Å². The van der Waals surface area contributed by atoms with Gasteiger partial charge in [0.15, 0.2) is 0 Å². The molecule has 1 rings (SSSR count). The first-order valence-corrected chi connectivity index (χ1v) is 7.16. The van der Waals surface area contributed by atoms with Crippen LogP contribution in [0.4, 0.5) is 0 Å². The highest BCUT2D eigenvalue weighted by molar-refractivity contribution is 5.00. The van der Waals surface area contributed by atoms with Gasteiger partial charge in [0, 0.05) is 12.5 Å². The van der Waals surface area contributed by atoms with Gasteiger partial charge in [-0.1, -0.05) is 34.6 Å². The molecule has 18 heavy (non-hydrogen) atoms. The van der Waals surface area contributed by atoms with Crippen LogP contribution in [0.1, 0.15) is 53.2 Å². The molecule has 0 amide bonds.